The SMILES string of the molecule is Cc1ccc(O)c(C(=O)NCCCOCC2CCCO2)c1. The zero-order valence-corrected chi connectivity index (χ0v) is 12.4. The molecule has 0 aliphatic carbocycles. The number of ether oxygens (including phenoxy) is 2. The third kappa shape index (κ3) is 5.02. The first kappa shape index (κ1) is 15.8. The van der Waals surface area contributed by atoms with E-state index in [-0.39, 0.29) is 17.8 Å². The predicted octanol–water partition coefficient (Wildman–Crippen LogP) is 2.02. The highest BCUT2D eigenvalue weighted by Crippen LogP contribution is 2.17. The number of hydrogen-bond acceptors (Lipinski definition) is 4. The van der Waals surface area contributed by atoms with Gasteiger partial charge < -0.3 is 19.9 Å². The summed E-state index contributed by atoms with van der Waals surface area (Å²) in [4.78, 5) is 11.9. The highest BCUT2D eigenvalue weighted by atomic mass is 16.5. The van der Waals surface area contributed by atoms with Crippen LogP contribution >= 0.6 is 0 Å². The fourth-order valence-electron chi connectivity index (χ4n) is 2.29. The summed E-state index contributed by atoms with van der Waals surface area (Å²) >= 11 is 0. The average molecular weight is 293 g/mol. The molecule has 0 bridgehead atoms. The smallest absolute Gasteiger partial charge is 0.255 e. The first-order chi connectivity index (χ1) is 10.2. The van der Waals surface area contributed by atoms with Gasteiger partial charge in [0.05, 0.1) is 18.3 Å². The number of carbonyl (C=O) groups excluding carboxylic acids is 1. The van der Waals surface area contributed by atoms with Crippen LogP contribution in [-0.2, 0) is 9.47 Å². The molecule has 1 unspecified atom stereocenters. The molecule has 1 saturated heterocycles. The molecule has 1 aliphatic heterocycles. The van der Waals surface area contributed by atoms with Crippen LogP contribution in [0.5, 0.6) is 5.75 Å². The van der Waals surface area contributed by atoms with E-state index in [0.717, 1.165) is 31.4 Å². The normalized spacial score (nSPS) is 17.9. The average Bonchev–Trinajstić information content (AvgIpc) is 2.98. The summed E-state index contributed by atoms with van der Waals surface area (Å²) in [6.45, 7) is 4.48. The number of rotatable bonds is 7. The van der Waals surface area contributed by atoms with Crippen LogP contribution in [0.25, 0.3) is 0 Å². The van der Waals surface area contributed by atoms with Gasteiger partial charge in [0.15, 0.2) is 0 Å². The van der Waals surface area contributed by atoms with Crippen LogP contribution in [0.1, 0.15) is 35.2 Å². The van der Waals surface area contributed by atoms with Crippen molar-refractivity contribution in [1.29, 1.82) is 0 Å². The fraction of sp³-hybridized carbons (Fsp3) is 0.562. The van der Waals surface area contributed by atoms with Gasteiger partial charge in [-0.15, -0.1) is 0 Å². The van der Waals surface area contributed by atoms with Gasteiger partial charge >= 0.3 is 0 Å². The molecule has 1 amide bonds. The number of benzene rings is 1. The van der Waals surface area contributed by atoms with E-state index in [9.17, 15) is 9.90 Å². The van der Waals surface area contributed by atoms with Crippen LogP contribution in [0, 0.1) is 6.92 Å². The molecule has 1 fully saturated rings. The topological polar surface area (TPSA) is 67.8 Å². The van der Waals surface area contributed by atoms with Crippen molar-refractivity contribution >= 4 is 5.91 Å². The van der Waals surface area contributed by atoms with Gasteiger partial charge in [-0.2, -0.15) is 0 Å². The second-order valence-electron chi connectivity index (χ2n) is 5.34. The summed E-state index contributed by atoms with van der Waals surface area (Å²) in [7, 11) is 0. The molecule has 5 nitrogen and oxygen atoms in total. The molecule has 116 valence electrons. The minimum atomic E-state index is -0.254. The van der Waals surface area contributed by atoms with Crippen molar-refractivity contribution in [3.8, 4) is 5.75 Å². The Labute approximate surface area is 125 Å². The van der Waals surface area contributed by atoms with Gasteiger partial charge in [-0.25, -0.2) is 0 Å². The van der Waals surface area contributed by atoms with Gasteiger partial charge in [0.2, 0.25) is 0 Å². The van der Waals surface area contributed by atoms with Gasteiger partial charge in [0.1, 0.15) is 5.75 Å². The largest absolute Gasteiger partial charge is 0.507 e. The molecule has 1 heterocycles. The maximum Gasteiger partial charge on any atom is 0.255 e. The van der Waals surface area contributed by atoms with E-state index in [1.807, 2.05) is 6.92 Å². The summed E-state index contributed by atoms with van der Waals surface area (Å²) < 4.78 is 11.0. The highest BCUT2D eigenvalue weighted by Gasteiger charge is 2.15. The van der Waals surface area contributed by atoms with Crippen molar-refractivity contribution in [2.75, 3.05) is 26.4 Å². The summed E-state index contributed by atoms with van der Waals surface area (Å²) in [6, 6.07) is 4.98. The Morgan fingerprint density at radius 2 is 2.38 bits per heavy atom. The van der Waals surface area contributed by atoms with Crippen LogP contribution in [-0.4, -0.2) is 43.5 Å². The Morgan fingerprint density at radius 1 is 1.52 bits per heavy atom. The van der Waals surface area contributed by atoms with Gasteiger partial charge in [-0.3, -0.25) is 4.79 Å². The second kappa shape index (κ2) is 8.00. The summed E-state index contributed by atoms with van der Waals surface area (Å²) in [5.74, 6) is -0.247. The maximum absolute atomic E-state index is 11.9. The molecule has 21 heavy (non-hydrogen) atoms. The zero-order chi connectivity index (χ0) is 15.1. The van der Waals surface area contributed by atoms with Crippen LogP contribution in [0.4, 0.5) is 0 Å². The molecule has 1 atom stereocenters. The summed E-state index contributed by atoms with van der Waals surface area (Å²) in [5, 5.41) is 12.5. The lowest BCUT2D eigenvalue weighted by Crippen LogP contribution is -2.25. The number of carbonyl (C=O) groups is 1. The molecule has 1 aromatic rings. The third-order valence-electron chi connectivity index (χ3n) is 3.48. The minimum Gasteiger partial charge on any atom is -0.507 e. The van der Waals surface area contributed by atoms with Crippen molar-refractivity contribution in [3.05, 3.63) is 29.3 Å². The van der Waals surface area contributed by atoms with Gasteiger partial charge in [-0.1, -0.05) is 11.6 Å². The molecule has 5 heteroatoms. The Morgan fingerprint density at radius 3 is 3.14 bits per heavy atom. The van der Waals surface area contributed by atoms with Gasteiger partial charge in [0.25, 0.3) is 5.91 Å². The Hall–Kier alpha value is -1.59. The van der Waals surface area contributed by atoms with E-state index in [4.69, 9.17) is 9.47 Å². The van der Waals surface area contributed by atoms with Gasteiger partial charge in [0, 0.05) is 19.8 Å². The van der Waals surface area contributed by atoms with E-state index in [2.05, 4.69) is 5.32 Å². The Kier molecular flexibility index (Phi) is 6.02. The lowest BCUT2D eigenvalue weighted by Gasteiger charge is -2.10. The third-order valence-corrected chi connectivity index (χ3v) is 3.48. The van der Waals surface area contributed by atoms with Crippen molar-refractivity contribution in [2.24, 2.45) is 0 Å². The first-order valence-corrected chi connectivity index (χ1v) is 7.44. The van der Waals surface area contributed by atoms with Crippen LogP contribution < -0.4 is 5.32 Å². The Bertz CT molecular complexity index is 469. The molecule has 2 N–H and O–H groups in total. The van der Waals surface area contributed by atoms with Crippen LogP contribution in [0.2, 0.25) is 0 Å². The van der Waals surface area contributed by atoms with E-state index in [1.54, 1.807) is 12.1 Å². The standard InChI is InChI=1S/C16H23NO4/c1-12-5-6-15(18)14(10-12)16(19)17-7-3-8-20-11-13-4-2-9-21-13/h5-6,10,13,18H,2-4,7-9,11H2,1H3,(H,17,19). The van der Waals surface area contributed by atoms with Crippen molar-refractivity contribution in [3.63, 3.8) is 0 Å². The zero-order valence-electron chi connectivity index (χ0n) is 12.4. The molecule has 0 radical (unpaired) electrons. The summed E-state index contributed by atoms with van der Waals surface area (Å²) in [6.07, 6.45) is 3.17. The van der Waals surface area contributed by atoms with E-state index in [1.165, 1.54) is 6.07 Å². The first-order valence-electron chi connectivity index (χ1n) is 7.44. The fourth-order valence-corrected chi connectivity index (χ4v) is 2.29. The number of amides is 1. The summed E-state index contributed by atoms with van der Waals surface area (Å²) in [5.41, 5.74) is 1.26. The quantitative estimate of drug-likeness (QED) is 0.755. The molecular weight excluding hydrogens is 270 g/mol. The number of aryl methyl sites for hydroxylation is 1. The maximum atomic E-state index is 11.9. The number of phenolic OH excluding ortho intramolecular Hbond substituents is 1. The number of hydrogen-bond donors (Lipinski definition) is 2. The van der Waals surface area contributed by atoms with Crippen molar-refractivity contribution < 1.29 is 19.4 Å². The molecule has 1 aliphatic rings. The van der Waals surface area contributed by atoms with Gasteiger partial charge in [-0.05, 0) is 38.3 Å². The number of phenols is 1. The Balaban J connectivity index is 1.61. The molecule has 1 aromatic carbocycles. The molecule has 0 spiro atoms. The number of nitrogens with one attached hydrogen (secondary N) is 1. The van der Waals surface area contributed by atoms with Crippen LogP contribution in [0.15, 0.2) is 18.2 Å². The molecular formula is C16H23NO4. The highest BCUT2D eigenvalue weighted by molar-refractivity contribution is 5.96. The van der Waals surface area contributed by atoms with E-state index >= 15 is 0 Å². The van der Waals surface area contributed by atoms with E-state index in [0.29, 0.717) is 25.3 Å². The number of aromatic hydroxyl groups is 1. The van der Waals surface area contributed by atoms with Crippen molar-refractivity contribution in [2.45, 2.75) is 32.3 Å². The lowest BCUT2D eigenvalue weighted by atomic mass is 10.1. The lowest BCUT2D eigenvalue weighted by molar-refractivity contribution is 0.0166. The second-order valence-corrected chi connectivity index (χ2v) is 5.34. The molecule has 0 saturated carbocycles. The monoisotopic (exact) mass is 293 g/mol. The van der Waals surface area contributed by atoms with Crippen LogP contribution in [0.3, 0.4) is 0 Å². The minimum absolute atomic E-state index is 0.00716. The predicted molar refractivity (Wildman–Crippen MR) is 79.6 cm³/mol. The molecule has 2 rings (SSSR count). The van der Waals surface area contributed by atoms with Crippen molar-refractivity contribution in [1.82, 2.24) is 5.32 Å². The van der Waals surface area contributed by atoms with E-state index < -0.39 is 0 Å². The molecule has 0 aromatic heterocycles.